The monoisotopic (exact) mass is 571 g/mol. The van der Waals surface area contributed by atoms with Crippen molar-refractivity contribution in [3.05, 3.63) is 151 Å². The lowest BCUT2D eigenvalue weighted by Crippen LogP contribution is -2.04. The van der Waals surface area contributed by atoms with Gasteiger partial charge in [-0.3, -0.25) is 4.99 Å². The first-order valence-corrected chi connectivity index (χ1v) is 15.4. The summed E-state index contributed by atoms with van der Waals surface area (Å²) in [4.78, 5) is 15.4. The zero-order chi connectivity index (χ0) is 29.5. The molecule has 3 nitrogen and oxygen atoms in total. The third kappa shape index (κ3) is 3.68. The van der Waals surface area contributed by atoms with Gasteiger partial charge < -0.3 is 0 Å². The first-order chi connectivity index (χ1) is 22.3. The van der Waals surface area contributed by atoms with Crippen molar-refractivity contribution in [2.75, 3.05) is 0 Å². The van der Waals surface area contributed by atoms with Gasteiger partial charge in [-0.2, -0.15) is 0 Å². The summed E-state index contributed by atoms with van der Waals surface area (Å²) >= 11 is 0. The second-order valence-electron chi connectivity index (χ2n) is 12.0. The second kappa shape index (κ2) is 9.28. The molecule has 3 heteroatoms. The molecule has 1 aliphatic heterocycles. The molecule has 10 rings (SSSR count). The average molecular weight is 572 g/mol. The highest BCUT2D eigenvalue weighted by atomic mass is 14.8. The van der Waals surface area contributed by atoms with Gasteiger partial charge in [0.05, 0.1) is 33.8 Å². The largest absolute Gasteiger partial charge is 0.252 e. The zero-order valence-electron chi connectivity index (χ0n) is 24.3. The number of nitrogens with zero attached hydrogens (tertiary/aromatic N) is 3. The molecular weight excluding hydrogens is 546 g/mol. The number of hydrogen-bond donors (Lipinski definition) is 0. The number of pyridine rings is 2. The third-order valence-electron chi connectivity index (χ3n) is 9.45. The van der Waals surface area contributed by atoms with Crippen molar-refractivity contribution in [3.63, 3.8) is 0 Å². The Bertz CT molecular complexity index is 2680. The van der Waals surface area contributed by atoms with Gasteiger partial charge in [-0.25, -0.2) is 9.97 Å². The fraction of sp³-hybridized carbons (Fsp3) is 0.0238. The molecule has 45 heavy (non-hydrogen) atoms. The highest BCUT2D eigenvalue weighted by molar-refractivity contribution is 6.31. The molecule has 1 aliphatic rings. The Morgan fingerprint density at radius 3 is 1.76 bits per heavy atom. The van der Waals surface area contributed by atoms with E-state index in [1.165, 1.54) is 43.4 Å². The molecule has 7 aromatic carbocycles. The van der Waals surface area contributed by atoms with E-state index in [2.05, 4.69) is 140 Å². The van der Waals surface area contributed by atoms with Gasteiger partial charge in [0.2, 0.25) is 0 Å². The number of fused-ring (bicyclic) bond motifs is 3. The number of para-hydroxylation sites is 3. The summed E-state index contributed by atoms with van der Waals surface area (Å²) in [6.45, 7) is 0. The van der Waals surface area contributed by atoms with Crippen molar-refractivity contribution < 1.29 is 0 Å². The Hall–Kier alpha value is -5.93. The van der Waals surface area contributed by atoms with Gasteiger partial charge in [-0.15, -0.1) is 0 Å². The summed E-state index contributed by atoms with van der Waals surface area (Å²) < 4.78 is 0. The van der Waals surface area contributed by atoms with Crippen molar-refractivity contribution in [3.8, 4) is 22.5 Å². The van der Waals surface area contributed by atoms with Gasteiger partial charge in [0.1, 0.15) is 0 Å². The highest BCUT2D eigenvalue weighted by Gasteiger charge is 2.23. The maximum atomic E-state index is 5.18. The van der Waals surface area contributed by atoms with E-state index >= 15 is 0 Å². The summed E-state index contributed by atoms with van der Waals surface area (Å²) in [5, 5.41) is 9.67. The molecule has 9 aromatic rings. The van der Waals surface area contributed by atoms with Crippen LogP contribution >= 0.6 is 0 Å². The van der Waals surface area contributed by atoms with Crippen LogP contribution in [0.1, 0.15) is 11.1 Å². The number of aliphatic imine (C=N–C) groups is 1. The standard InChI is InChI=1S/C42H25N3/c1-4-10-35-25(7-1)15-21-38(43-35)29-17-13-27-14-18-31-33(39-22-16-26-8-2-5-11-36(26)44-39)24-34(32-20-19-30(29)41(27)42(31)32)40-23-28-9-3-6-12-37(28)45-40/h1-22,24H,23H2. The minimum Gasteiger partial charge on any atom is -0.252 e. The van der Waals surface area contributed by atoms with Crippen LogP contribution in [-0.4, -0.2) is 15.7 Å². The van der Waals surface area contributed by atoms with E-state index in [1.54, 1.807) is 0 Å². The summed E-state index contributed by atoms with van der Waals surface area (Å²) in [5.74, 6) is 0. The van der Waals surface area contributed by atoms with Gasteiger partial charge in [-0.05, 0) is 74.3 Å². The van der Waals surface area contributed by atoms with Crippen LogP contribution in [0.15, 0.2) is 145 Å². The van der Waals surface area contributed by atoms with Gasteiger partial charge in [0.25, 0.3) is 0 Å². The lowest BCUT2D eigenvalue weighted by molar-refractivity contribution is 1.39. The molecule has 0 saturated heterocycles. The summed E-state index contributed by atoms with van der Waals surface area (Å²) in [6.07, 6.45) is 0.816. The fourth-order valence-electron chi connectivity index (χ4n) is 7.29. The lowest BCUT2D eigenvalue weighted by Gasteiger charge is -2.19. The molecule has 0 aliphatic carbocycles. The average Bonchev–Trinajstić information content (AvgIpc) is 3.54. The van der Waals surface area contributed by atoms with Crippen molar-refractivity contribution in [1.29, 1.82) is 0 Å². The zero-order valence-corrected chi connectivity index (χ0v) is 24.3. The van der Waals surface area contributed by atoms with Crippen LogP contribution in [0.2, 0.25) is 0 Å². The SMILES string of the molecule is c1ccc2c(c1)CC(c1cc(-c3ccc4ccccc4n3)c3ccc4ccc(-c5ccc6ccccc6n5)c5ccc1c3c45)=N2. The van der Waals surface area contributed by atoms with E-state index in [4.69, 9.17) is 15.0 Å². The molecule has 0 bridgehead atoms. The first-order valence-electron chi connectivity index (χ1n) is 15.4. The van der Waals surface area contributed by atoms with Crippen molar-refractivity contribution >= 4 is 65.5 Å². The van der Waals surface area contributed by atoms with Crippen LogP contribution in [0.4, 0.5) is 5.69 Å². The van der Waals surface area contributed by atoms with E-state index < -0.39 is 0 Å². The van der Waals surface area contributed by atoms with Crippen molar-refractivity contribution in [2.45, 2.75) is 6.42 Å². The van der Waals surface area contributed by atoms with Gasteiger partial charge >= 0.3 is 0 Å². The van der Waals surface area contributed by atoms with Crippen LogP contribution in [0, 0.1) is 0 Å². The number of aromatic nitrogens is 2. The number of rotatable bonds is 3. The Balaban J connectivity index is 1.29. The Morgan fingerprint density at radius 2 is 1.00 bits per heavy atom. The van der Waals surface area contributed by atoms with E-state index in [-0.39, 0.29) is 0 Å². The molecule has 0 fully saturated rings. The fourth-order valence-corrected chi connectivity index (χ4v) is 7.29. The van der Waals surface area contributed by atoms with Crippen LogP contribution in [0.5, 0.6) is 0 Å². The molecule has 208 valence electrons. The predicted molar refractivity (Wildman–Crippen MR) is 188 cm³/mol. The Morgan fingerprint density at radius 1 is 0.422 bits per heavy atom. The van der Waals surface area contributed by atoms with Gasteiger partial charge in [0, 0.05) is 33.9 Å². The third-order valence-corrected chi connectivity index (χ3v) is 9.45. The maximum absolute atomic E-state index is 5.18. The lowest BCUT2D eigenvalue weighted by atomic mass is 9.85. The molecule has 0 spiro atoms. The molecule has 0 atom stereocenters. The maximum Gasteiger partial charge on any atom is 0.0716 e. The summed E-state index contributed by atoms with van der Waals surface area (Å²) in [6, 6.07) is 49.7. The topological polar surface area (TPSA) is 38.1 Å². The molecule has 0 radical (unpaired) electrons. The van der Waals surface area contributed by atoms with Crippen LogP contribution in [0.25, 0.3) is 76.6 Å². The molecule has 2 aromatic heterocycles. The van der Waals surface area contributed by atoms with Crippen molar-refractivity contribution in [2.24, 2.45) is 4.99 Å². The minimum absolute atomic E-state index is 0.816. The summed E-state index contributed by atoms with van der Waals surface area (Å²) in [5.41, 5.74) is 10.8. The Kier molecular flexibility index (Phi) is 5.06. The number of hydrogen-bond acceptors (Lipinski definition) is 3. The predicted octanol–water partition coefficient (Wildman–Crippen LogP) is 10.7. The highest BCUT2D eigenvalue weighted by Crippen LogP contribution is 2.44. The van der Waals surface area contributed by atoms with Gasteiger partial charge in [-0.1, -0.05) is 103 Å². The number of benzene rings is 7. The second-order valence-corrected chi connectivity index (χ2v) is 12.0. The molecule has 3 heterocycles. The Labute approximate surface area is 259 Å². The van der Waals surface area contributed by atoms with Crippen molar-refractivity contribution in [1.82, 2.24) is 9.97 Å². The van der Waals surface area contributed by atoms with E-state index in [1.807, 2.05) is 0 Å². The summed E-state index contributed by atoms with van der Waals surface area (Å²) in [7, 11) is 0. The molecule has 0 N–H and O–H groups in total. The molecule has 0 unspecified atom stereocenters. The van der Waals surface area contributed by atoms with Crippen LogP contribution in [-0.2, 0) is 6.42 Å². The minimum atomic E-state index is 0.816. The van der Waals surface area contributed by atoms with Gasteiger partial charge in [0.15, 0.2) is 0 Å². The molecular formula is C42H25N3. The van der Waals surface area contributed by atoms with E-state index in [0.29, 0.717) is 0 Å². The smallest absolute Gasteiger partial charge is 0.0716 e. The molecule has 0 amide bonds. The first kappa shape index (κ1) is 24.5. The normalized spacial score (nSPS) is 12.9. The molecule has 0 saturated carbocycles. The van der Waals surface area contributed by atoms with Crippen LogP contribution < -0.4 is 0 Å². The van der Waals surface area contributed by atoms with E-state index in [0.717, 1.165) is 62.1 Å². The quantitative estimate of drug-likeness (QED) is 0.198. The van der Waals surface area contributed by atoms with E-state index in [9.17, 15) is 0 Å². The van der Waals surface area contributed by atoms with Crippen LogP contribution in [0.3, 0.4) is 0 Å².